The van der Waals surface area contributed by atoms with Crippen LogP contribution in [0, 0.1) is 0 Å². The monoisotopic (exact) mass is 394 g/mol. The van der Waals surface area contributed by atoms with Gasteiger partial charge in [0.15, 0.2) is 0 Å². The molecule has 152 valence electrons. The van der Waals surface area contributed by atoms with Crippen molar-refractivity contribution < 1.29 is 14.3 Å². The van der Waals surface area contributed by atoms with Crippen molar-refractivity contribution in [2.24, 2.45) is 0 Å². The average Bonchev–Trinajstić information content (AvgIpc) is 3.10. The lowest BCUT2D eigenvalue weighted by molar-refractivity contribution is -0.121. The van der Waals surface area contributed by atoms with E-state index in [1.807, 2.05) is 54.0 Å². The van der Waals surface area contributed by atoms with E-state index in [1.54, 1.807) is 19.2 Å². The molecular weight excluding hydrogens is 368 g/mol. The van der Waals surface area contributed by atoms with Crippen LogP contribution < -0.4 is 10.6 Å². The zero-order valence-electron chi connectivity index (χ0n) is 16.7. The van der Waals surface area contributed by atoms with Crippen molar-refractivity contribution in [3.63, 3.8) is 0 Å². The van der Waals surface area contributed by atoms with Crippen molar-refractivity contribution in [3.05, 3.63) is 66.0 Å². The van der Waals surface area contributed by atoms with Gasteiger partial charge in [-0.15, -0.1) is 0 Å². The van der Waals surface area contributed by atoms with E-state index in [0.717, 1.165) is 17.5 Å². The smallest absolute Gasteiger partial charge is 0.251 e. The van der Waals surface area contributed by atoms with Crippen LogP contribution in [0.15, 0.2) is 54.6 Å². The van der Waals surface area contributed by atoms with Gasteiger partial charge in [0.05, 0.1) is 17.1 Å². The number of hydrogen-bond donors (Lipinski definition) is 2. The predicted octanol–water partition coefficient (Wildman–Crippen LogP) is 2.68. The Balaban J connectivity index is 1.78. The summed E-state index contributed by atoms with van der Waals surface area (Å²) < 4.78 is 6.86. The Morgan fingerprint density at radius 3 is 2.59 bits per heavy atom. The number of carbonyl (C=O) groups is 2. The lowest BCUT2D eigenvalue weighted by Crippen LogP contribution is -2.32. The number of hydrogen-bond acceptors (Lipinski definition) is 4. The van der Waals surface area contributed by atoms with Crippen LogP contribution in [0.2, 0.25) is 0 Å². The Kier molecular flexibility index (Phi) is 6.97. The molecule has 3 aromatic rings. The van der Waals surface area contributed by atoms with Crippen LogP contribution in [0.5, 0.6) is 0 Å². The second-order valence-electron chi connectivity index (χ2n) is 6.80. The number of fused-ring (bicyclic) bond motifs is 1. The molecule has 0 spiro atoms. The fourth-order valence-electron chi connectivity index (χ4n) is 3.17. The largest absolute Gasteiger partial charge is 0.385 e. The Morgan fingerprint density at radius 2 is 1.83 bits per heavy atom. The van der Waals surface area contributed by atoms with Crippen LogP contribution >= 0.6 is 0 Å². The number of methoxy groups -OCH3 is 1. The van der Waals surface area contributed by atoms with Crippen molar-refractivity contribution in [2.45, 2.75) is 25.9 Å². The van der Waals surface area contributed by atoms with Crippen LogP contribution in [0.1, 0.15) is 35.6 Å². The minimum Gasteiger partial charge on any atom is -0.385 e. The Hall–Kier alpha value is -3.19. The van der Waals surface area contributed by atoms with Gasteiger partial charge in [-0.3, -0.25) is 9.59 Å². The maximum absolute atomic E-state index is 12.5. The minimum absolute atomic E-state index is 0.105. The molecular formula is C22H26N4O3. The maximum atomic E-state index is 12.5. The third-order valence-electron chi connectivity index (χ3n) is 4.60. The first kappa shape index (κ1) is 20.5. The van der Waals surface area contributed by atoms with Gasteiger partial charge in [0.25, 0.3) is 5.91 Å². The normalized spacial score (nSPS) is 11.9. The van der Waals surface area contributed by atoms with Gasteiger partial charge >= 0.3 is 0 Å². The summed E-state index contributed by atoms with van der Waals surface area (Å²) in [7, 11) is 1.64. The quantitative estimate of drug-likeness (QED) is 0.547. The highest BCUT2D eigenvalue weighted by Gasteiger charge is 2.20. The molecule has 7 nitrogen and oxygen atoms in total. The first-order chi connectivity index (χ1) is 14.1. The zero-order chi connectivity index (χ0) is 20.6. The molecule has 29 heavy (non-hydrogen) atoms. The van der Waals surface area contributed by atoms with Crippen LogP contribution in [-0.4, -0.2) is 41.6 Å². The van der Waals surface area contributed by atoms with Gasteiger partial charge in [0.1, 0.15) is 12.4 Å². The van der Waals surface area contributed by atoms with Gasteiger partial charge in [0, 0.05) is 25.8 Å². The van der Waals surface area contributed by atoms with Crippen molar-refractivity contribution in [2.75, 3.05) is 20.3 Å². The molecule has 0 saturated heterocycles. The van der Waals surface area contributed by atoms with Crippen LogP contribution in [0.3, 0.4) is 0 Å². The topological polar surface area (TPSA) is 85.2 Å². The molecule has 0 saturated carbocycles. The fourth-order valence-corrected chi connectivity index (χ4v) is 3.17. The number of carbonyl (C=O) groups excluding carboxylic acids is 2. The number of nitrogens with zero attached hydrogens (tertiary/aromatic N) is 2. The van der Waals surface area contributed by atoms with Gasteiger partial charge in [0.2, 0.25) is 5.91 Å². The van der Waals surface area contributed by atoms with E-state index in [9.17, 15) is 9.59 Å². The number of imidazole rings is 1. The molecule has 3 rings (SSSR count). The van der Waals surface area contributed by atoms with E-state index in [0.29, 0.717) is 24.5 Å². The van der Waals surface area contributed by atoms with E-state index in [1.165, 1.54) is 0 Å². The molecule has 7 heteroatoms. The summed E-state index contributed by atoms with van der Waals surface area (Å²) in [6, 6.07) is 16.3. The second kappa shape index (κ2) is 9.84. The predicted molar refractivity (Wildman–Crippen MR) is 112 cm³/mol. The van der Waals surface area contributed by atoms with Crippen molar-refractivity contribution in [3.8, 4) is 0 Å². The number of rotatable bonds is 9. The van der Waals surface area contributed by atoms with E-state index in [4.69, 9.17) is 4.74 Å². The summed E-state index contributed by atoms with van der Waals surface area (Å²) in [4.78, 5) is 29.7. The molecule has 0 fully saturated rings. The molecule has 0 radical (unpaired) electrons. The first-order valence-corrected chi connectivity index (χ1v) is 9.67. The summed E-state index contributed by atoms with van der Waals surface area (Å²) >= 11 is 0. The molecule has 1 heterocycles. The molecule has 2 amide bonds. The van der Waals surface area contributed by atoms with Gasteiger partial charge < -0.3 is 19.9 Å². The molecule has 1 unspecified atom stereocenters. The molecule has 0 aliphatic heterocycles. The summed E-state index contributed by atoms with van der Waals surface area (Å²) in [6.45, 7) is 3.15. The third kappa shape index (κ3) is 5.20. The molecule has 0 aliphatic carbocycles. The standard InChI is InChI=1S/C22H26N4O3/c1-16(24-22(28)17-9-4-3-5-10-17)21-25-18-11-6-7-12-19(18)26(21)15-20(27)23-13-8-14-29-2/h3-7,9-12,16H,8,13-15H2,1-2H3,(H,23,27)(H,24,28). The fraction of sp³-hybridized carbons (Fsp3) is 0.318. The number of para-hydroxylation sites is 2. The maximum Gasteiger partial charge on any atom is 0.251 e. The minimum atomic E-state index is -0.364. The number of aromatic nitrogens is 2. The number of ether oxygens (including phenoxy) is 1. The summed E-state index contributed by atoms with van der Waals surface area (Å²) in [5.41, 5.74) is 2.23. The highest BCUT2D eigenvalue weighted by Crippen LogP contribution is 2.21. The number of amides is 2. The molecule has 1 atom stereocenters. The van der Waals surface area contributed by atoms with E-state index in [-0.39, 0.29) is 24.4 Å². The molecule has 0 bridgehead atoms. The Bertz CT molecular complexity index is 969. The summed E-state index contributed by atoms with van der Waals surface area (Å²) in [6.07, 6.45) is 0.753. The van der Waals surface area contributed by atoms with Crippen LogP contribution in [0.25, 0.3) is 11.0 Å². The molecule has 2 aromatic carbocycles. The summed E-state index contributed by atoms with van der Waals surface area (Å²) in [5.74, 6) is 0.357. The highest BCUT2D eigenvalue weighted by atomic mass is 16.5. The summed E-state index contributed by atoms with van der Waals surface area (Å²) in [5, 5.41) is 5.87. The van der Waals surface area contributed by atoms with Crippen LogP contribution in [0.4, 0.5) is 0 Å². The van der Waals surface area contributed by atoms with Crippen molar-refractivity contribution >= 4 is 22.8 Å². The van der Waals surface area contributed by atoms with Gasteiger partial charge in [-0.2, -0.15) is 0 Å². The van der Waals surface area contributed by atoms with E-state index < -0.39 is 0 Å². The Labute approximate surface area is 170 Å². The van der Waals surface area contributed by atoms with Crippen molar-refractivity contribution in [1.82, 2.24) is 20.2 Å². The number of nitrogens with one attached hydrogen (secondary N) is 2. The Morgan fingerprint density at radius 1 is 1.10 bits per heavy atom. The van der Waals surface area contributed by atoms with Crippen molar-refractivity contribution in [1.29, 1.82) is 0 Å². The molecule has 1 aromatic heterocycles. The SMILES string of the molecule is COCCCNC(=O)Cn1c(C(C)NC(=O)c2ccccc2)nc2ccccc21. The lowest BCUT2D eigenvalue weighted by Gasteiger charge is -2.16. The van der Waals surface area contributed by atoms with Gasteiger partial charge in [-0.05, 0) is 37.6 Å². The zero-order valence-corrected chi connectivity index (χ0v) is 16.7. The highest BCUT2D eigenvalue weighted by molar-refractivity contribution is 5.94. The van der Waals surface area contributed by atoms with Gasteiger partial charge in [-0.1, -0.05) is 30.3 Å². The third-order valence-corrected chi connectivity index (χ3v) is 4.60. The average molecular weight is 394 g/mol. The lowest BCUT2D eigenvalue weighted by atomic mass is 10.2. The van der Waals surface area contributed by atoms with Crippen LogP contribution in [-0.2, 0) is 16.1 Å². The molecule has 2 N–H and O–H groups in total. The van der Waals surface area contributed by atoms with E-state index >= 15 is 0 Å². The first-order valence-electron chi connectivity index (χ1n) is 9.67. The van der Waals surface area contributed by atoms with E-state index in [2.05, 4.69) is 15.6 Å². The number of benzene rings is 2. The molecule has 0 aliphatic rings. The van der Waals surface area contributed by atoms with Gasteiger partial charge in [-0.25, -0.2) is 4.98 Å². The second-order valence-corrected chi connectivity index (χ2v) is 6.80.